The standard InChI is InChI=1S/C19H16ClFN4O3/c20-13-10-17(19(27)28)25-16(13)4-3-15(23-25)12-2-1-11(9-14(12)21)18(26)24-7-5-22-6-8-24/h1-4,9-10,22H,5-8H2,(H,27,28). The molecular weight excluding hydrogens is 387 g/mol. The van der Waals surface area contributed by atoms with Crippen LogP contribution < -0.4 is 5.32 Å². The summed E-state index contributed by atoms with van der Waals surface area (Å²) in [6, 6.07) is 8.65. The van der Waals surface area contributed by atoms with Crippen molar-refractivity contribution in [3.8, 4) is 11.3 Å². The van der Waals surface area contributed by atoms with Gasteiger partial charge in [-0.25, -0.2) is 13.7 Å². The van der Waals surface area contributed by atoms with Gasteiger partial charge in [-0.3, -0.25) is 4.79 Å². The lowest BCUT2D eigenvalue weighted by molar-refractivity contribution is 0.0686. The normalized spacial score (nSPS) is 14.4. The quantitative estimate of drug-likeness (QED) is 0.703. The highest BCUT2D eigenvalue weighted by molar-refractivity contribution is 6.34. The number of fused-ring (bicyclic) bond motifs is 1. The molecular formula is C19H16ClFN4O3. The fraction of sp³-hybridized carbons (Fsp3) is 0.211. The van der Waals surface area contributed by atoms with Gasteiger partial charge in [0.25, 0.3) is 5.91 Å². The molecule has 28 heavy (non-hydrogen) atoms. The molecule has 7 nitrogen and oxygen atoms in total. The summed E-state index contributed by atoms with van der Waals surface area (Å²) < 4.78 is 15.9. The molecule has 1 saturated heterocycles. The zero-order valence-electron chi connectivity index (χ0n) is 14.7. The minimum atomic E-state index is -1.19. The Morgan fingerprint density at radius 3 is 2.57 bits per heavy atom. The third kappa shape index (κ3) is 3.21. The maximum Gasteiger partial charge on any atom is 0.354 e. The van der Waals surface area contributed by atoms with E-state index in [1.165, 1.54) is 22.7 Å². The molecule has 9 heteroatoms. The second kappa shape index (κ2) is 7.21. The Kier molecular flexibility index (Phi) is 4.74. The molecule has 1 fully saturated rings. The molecule has 0 spiro atoms. The summed E-state index contributed by atoms with van der Waals surface area (Å²) in [5.41, 5.74) is 0.960. The molecule has 1 aromatic carbocycles. The SMILES string of the molecule is O=C(O)c1cc(Cl)c2ccc(-c3ccc(C(=O)N4CCNCC4)cc3F)nn12. The molecule has 1 amide bonds. The number of carbonyl (C=O) groups excluding carboxylic acids is 1. The van der Waals surface area contributed by atoms with Crippen LogP contribution in [0.4, 0.5) is 4.39 Å². The maximum atomic E-state index is 14.8. The third-order valence-corrected chi connectivity index (χ3v) is 4.99. The number of aromatic nitrogens is 2. The van der Waals surface area contributed by atoms with Gasteiger partial charge >= 0.3 is 5.97 Å². The molecule has 0 bridgehead atoms. The van der Waals surface area contributed by atoms with Crippen molar-refractivity contribution in [1.82, 2.24) is 19.8 Å². The summed E-state index contributed by atoms with van der Waals surface area (Å²) in [6.07, 6.45) is 0. The lowest BCUT2D eigenvalue weighted by Crippen LogP contribution is -2.46. The monoisotopic (exact) mass is 402 g/mol. The van der Waals surface area contributed by atoms with Gasteiger partial charge < -0.3 is 15.3 Å². The number of aromatic carboxylic acids is 1. The van der Waals surface area contributed by atoms with Gasteiger partial charge in [-0.2, -0.15) is 5.10 Å². The van der Waals surface area contributed by atoms with Crippen molar-refractivity contribution >= 4 is 29.0 Å². The van der Waals surface area contributed by atoms with E-state index in [-0.39, 0.29) is 33.4 Å². The second-order valence-corrected chi connectivity index (χ2v) is 6.84. The van der Waals surface area contributed by atoms with E-state index < -0.39 is 11.8 Å². The van der Waals surface area contributed by atoms with E-state index in [4.69, 9.17) is 11.6 Å². The Bertz CT molecular complexity index is 1090. The third-order valence-electron chi connectivity index (χ3n) is 4.69. The van der Waals surface area contributed by atoms with Crippen LogP contribution in [0.5, 0.6) is 0 Å². The van der Waals surface area contributed by atoms with Crippen molar-refractivity contribution in [2.75, 3.05) is 26.2 Å². The van der Waals surface area contributed by atoms with Crippen molar-refractivity contribution in [3.63, 3.8) is 0 Å². The number of carbonyl (C=O) groups is 2. The summed E-state index contributed by atoms with van der Waals surface area (Å²) in [7, 11) is 0. The summed E-state index contributed by atoms with van der Waals surface area (Å²) in [4.78, 5) is 25.6. The molecule has 3 aromatic rings. The molecule has 2 N–H and O–H groups in total. The van der Waals surface area contributed by atoms with Gasteiger partial charge in [-0.1, -0.05) is 11.6 Å². The smallest absolute Gasteiger partial charge is 0.354 e. The molecule has 0 radical (unpaired) electrons. The summed E-state index contributed by atoms with van der Waals surface area (Å²) in [6.45, 7) is 2.57. The van der Waals surface area contributed by atoms with Gasteiger partial charge in [-0.15, -0.1) is 0 Å². The molecule has 2 aromatic heterocycles. The average Bonchev–Trinajstić information content (AvgIpc) is 3.04. The minimum absolute atomic E-state index is 0.118. The van der Waals surface area contributed by atoms with Crippen molar-refractivity contribution in [1.29, 1.82) is 0 Å². The van der Waals surface area contributed by atoms with Gasteiger partial charge in [-0.05, 0) is 36.4 Å². The van der Waals surface area contributed by atoms with Gasteiger partial charge in [0.05, 0.1) is 16.2 Å². The Morgan fingerprint density at radius 1 is 1.14 bits per heavy atom. The van der Waals surface area contributed by atoms with Crippen molar-refractivity contribution < 1.29 is 19.1 Å². The van der Waals surface area contributed by atoms with E-state index in [1.54, 1.807) is 23.1 Å². The number of piperazine rings is 1. The van der Waals surface area contributed by atoms with Crippen LogP contribution in [0.1, 0.15) is 20.8 Å². The van der Waals surface area contributed by atoms with Crippen LogP contribution in [0.2, 0.25) is 5.02 Å². The average molecular weight is 403 g/mol. The second-order valence-electron chi connectivity index (χ2n) is 6.44. The van der Waals surface area contributed by atoms with Gasteiger partial charge in [0.1, 0.15) is 5.82 Å². The number of nitrogens with one attached hydrogen (secondary N) is 1. The van der Waals surface area contributed by atoms with Crippen molar-refractivity contribution in [2.45, 2.75) is 0 Å². The number of halogens is 2. The van der Waals surface area contributed by atoms with Crippen LogP contribution in [0.3, 0.4) is 0 Å². The zero-order valence-corrected chi connectivity index (χ0v) is 15.4. The van der Waals surface area contributed by atoms with Crippen LogP contribution in [-0.2, 0) is 0 Å². The molecule has 4 rings (SSSR count). The number of hydrogen-bond acceptors (Lipinski definition) is 4. The highest BCUT2D eigenvalue weighted by Crippen LogP contribution is 2.27. The highest BCUT2D eigenvalue weighted by Gasteiger charge is 2.20. The van der Waals surface area contributed by atoms with E-state index in [2.05, 4.69) is 10.4 Å². The first-order valence-electron chi connectivity index (χ1n) is 8.67. The Hall–Kier alpha value is -2.97. The first-order valence-corrected chi connectivity index (χ1v) is 9.05. The highest BCUT2D eigenvalue weighted by atomic mass is 35.5. The summed E-state index contributed by atoms with van der Waals surface area (Å²) in [5.74, 6) is -2.02. The van der Waals surface area contributed by atoms with E-state index >= 15 is 0 Å². The number of hydrogen-bond donors (Lipinski definition) is 2. The van der Waals surface area contributed by atoms with Crippen molar-refractivity contribution in [3.05, 3.63) is 58.5 Å². The van der Waals surface area contributed by atoms with Crippen LogP contribution in [0.15, 0.2) is 36.4 Å². The predicted octanol–water partition coefficient (Wildman–Crippen LogP) is 2.54. The first-order chi connectivity index (χ1) is 13.5. The van der Waals surface area contributed by atoms with E-state index in [0.29, 0.717) is 31.7 Å². The molecule has 3 heterocycles. The van der Waals surface area contributed by atoms with Crippen molar-refractivity contribution in [2.24, 2.45) is 0 Å². The lowest BCUT2D eigenvalue weighted by Gasteiger charge is -2.27. The Labute approximate surface area is 164 Å². The molecule has 0 saturated carbocycles. The molecule has 1 aliphatic heterocycles. The maximum absolute atomic E-state index is 14.8. The summed E-state index contributed by atoms with van der Waals surface area (Å²) in [5, 5.41) is 16.9. The topological polar surface area (TPSA) is 86.9 Å². The van der Waals surface area contributed by atoms with Gasteiger partial charge in [0, 0.05) is 37.3 Å². The molecule has 0 unspecified atom stereocenters. The van der Waals surface area contributed by atoms with Crippen LogP contribution in [-0.4, -0.2) is 57.7 Å². The van der Waals surface area contributed by atoms with E-state index in [1.807, 2.05) is 0 Å². The molecule has 144 valence electrons. The molecule has 1 aliphatic rings. The number of carboxylic acids is 1. The van der Waals surface area contributed by atoms with E-state index in [9.17, 15) is 19.1 Å². The number of benzene rings is 1. The van der Waals surface area contributed by atoms with Crippen LogP contribution >= 0.6 is 11.6 Å². The fourth-order valence-electron chi connectivity index (χ4n) is 3.25. The number of amides is 1. The first kappa shape index (κ1) is 18.4. The largest absolute Gasteiger partial charge is 0.477 e. The summed E-state index contributed by atoms with van der Waals surface area (Å²) >= 11 is 6.04. The molecule has 0 atom stereocenters. The van der Waals surface area contributed by atoms with Gasteiger partial charge in [0.15, 0.2) is 5.69 Å². The van der Waals surface area contributed by atoms with Gasteiger partial charge in [0.2, 0.25) is 0 Å². The fourth-order valence-corrected chi connectivity index (χ4v) is 3.49. The van der Waals surface area contributed by atoms with E-state index in [0.717, 1.165) is 0 Å². The lowest BCUT2D eigenvalue weighted by atomic mass is 10.1. The predicted molar refractivity (Wildman–Crippen MR) is 101 cm³/mol. The number of rotatable bonds is 3. The Balaban J connectivity index is 1.70. The Morgan fingerprint density at radius 2 is 1.89 bits per heavy atom. The number of carboxylic acid groups (broad SMARTS) is 1. The van der Waals surface area contributed by atoms with Crippen LogP contribution in [0, 0.1) is 5.82 Å². The number of nitrogens with zero attached hydrogens (tertiary/aromatic N) is 3. The zero-order chi connectivity index (χ0) is 19.8. The van der Waals surface area contributed by atoms with Crippen LogP contribution in [0.25, 0.3) is 16.8 Å². The minimum Gasteiger partial charge on any atom is -0.477 e. The molecule has 0 aliphatic carbocycles.